The molecule has 0 unspecified atom stereocenters. The number of rotatable bonds is 5. The number of nitrogens with zero attached hydrogens (tertiary/aromatic N) is 1. The lowest BCUT2D eigenvalue weighted by atomic mass is 10.2. The van der Waals surface area contributed by atoms with Gasteiger partial charge in [0.25, 0.3) is 0 Å². The molecule has 0 aromatic heterocycles. The molecule has 1 N–H and O–H groups in total. The average Bonchev–Trinajstić information content (AvgIpc) is 2.53. The molecule has 0 radical (unpaired) electrons. The minimum Gasteiger partial charge on any atom is -0.480 e. The summed E-state index contributed by atoms with van der Waals surface area (Å²) in [7, 11) is 0. The molecule has 1 aliphatic rings. The van der Waals surface area contributed by atoms with Crippen LogP contribution in [0.15, 0.2) is 0 Å². The molecule has 1 saturated heterocycles. The van der Waals surface area contributed by atoms with Crippen molar-refractivity contribution < 1.29 is 9.90 Å². The molecule has 0 aliphatic carbocycles. The zero-order valence-electron chi connectivity index (χ0n) is 8.44. The molecule has 3 nitrogen and oxygen atoms in total. The van der Waals surface area contributed by atoms with E-state index in [-0.39, 0.29) is 18.4 Å². The number of carboxylic acid groups (broad SMARTS) is 1. The van der Waals surface area contributed by atoms with Gasteiger partial charge >= 0.3 is 5.97 Å². The topological polar surface area (TPSA) is 40.5 Å². The van der Waals surface area contributed by atoms with Gasteiger partial charge in [0.2, 0.25) is 0 Å². The smallest absolute Gasteiger partial charge is 0.320 e. The van der Waals surface area contributed by atoms with E-state index in [9.17, 15) is 4.79 Å². The second-order valence-corrected chi connectivity index (χ2v) is 4.62. The van der Waals surface area contributed by atoms with Gasteiger partial charge in [0.05, 0.1) is 0 Å². The van der Waals surface area contributed by atoms with Crippen molar-refractivity contribution in [3.8, 4) is 0 Å². The van der Waals surface area contributed by atoms with Crippen molar-refractivity contribution in [3.05, 3.63) is 0 Å². The first kappa shape index (κ1) is 14.1. The first-order valence-corrected chi connectivity index (χ1v) is 5.95. The first-order valence-electron chi connectivity index (χ1n) is 4.80. The normalized spacial score (nSPS) is 21.9. The fourth-order valence-electron chi connectivity index (χ4n) is 1.70. The summed E-state index contributed by atoms with van der Waals surface area (Å²) in [5, 5.41) is 8.89. The van der Waals surface area contributed by atoms with Crippen LogP contribution in [0.1, 0.15) is 19.8 Å². The number of aliphatic carboxylic acids is 1. The summed E-state index contributed by atoms with van der Waals surface area (Å²) in [6.07, 6.45) is 1.86. The Labute approximate surface area is 95.6 Å². The standard InChI is InChI=1S/C9H17NO2S.ClH/c1-2-13-7-6-10-5-3-4-8(10)9(11)12;/h8H,2-7H2,1H3,(H,11,12);1H/t8-;/m0./s1. The number of carbonyl (C=O) groups is 1. The molecular formula is C9H18ClNO2S. The van der Waals surface area contributed by atoms with Crippen molar-refractivity contribution in [2.45, 2.75) is 25.8 Å². The molecule has 1 heterocycles. The van der Waals surface area contributed by atoms with E-state index in [2.05, 4.69) is 11.8 Å². The van der Waals surface area contributed by atoms with E-state index in [1.165, 1.54) is 0 Å². The molecule has 0 amide bonds. The molecule has 0 bridgehead atoms. The molecule has 1 fully saturated rings. The van der Waals surface area contributed by atoms with Crippen molar-refractivity contribution in [2.75, 3.05) is 24.6 Å². The number of hydrogen-bond acceptors (Lipinski definition) is 3. The molecule has 0 aromatic carbocycles. The van der Waals surface area contributed by atoms with Crippen LogP contribution in [0.4, 0.5) is 0 Å². The third-order valence-electron chi connectivity index (χ3n) is 2.38. The lowest BCUT2D eigenvalue weighted by Gasteiger charge is -2.20. The van der Waals surface area contributed by atoms with Crippen LogP contribution in [0.5, 0.6) is 0 Å². The molecule has 5 heteroatoms. The zero-order chi connectivity index (χ0) is 9.68. The van der Waals surface area contributed by atoms with E-state index in [1.54, 1.807) is 0 Å². The van der Waals surface area contributed by atoms with Crippen LogP contribution in [0.25, 0.3) is 0 Å². The third kappa shape index (κ3) is 4.07. The van der Waals surface area contributed by atoms with Gasteiger partial charge in [-0.25, -0.2) is 0 Å². The van der Waals surface area contributed by atoms with Gasteiger partial charge in [0.15, 0.2) is 0 Å². The number of carboxylic acids is 1. The lowest BCUT2D eigenvalue weighted by molar-refractivity contribution is -0.142. The summed E-state index contributed by atoms with van der Waals surface area (Å²) in [6.45, 7) is 4.01. The Hall–Kier alpha value is 0.0700. The van der Waals surface area contributed by atoms with Crippen LogP contribution in [-0.4, -0.2) is 46.6 Å². The molecule has 84 valence electrons. The Balaban J connectivity index is 0.00000169. The van der Waals surface area contributed by atoms with Gasteiger partial charge in [-0.05, 0) is 25.1 Å². The summed E-state index contributed by atoms with van der Waals surface area (Å²) in [4.78, 5) is 12.9. The molecule has 1 atom stereocenters. The van der Waals surface area contributed by atoms with Crippen LogP contribution >= 0.6 is 24.2 Å². The SMILES string of the molecule is CCSCCN1CCC[C@H]1C(=O)O.Cl. The second-order valence-electron chi connectivity index (χ2n) is 3.23. The van der Waals surface area contributed by atoms with E-state index >= 15 is 0 Å². The Bertz CT molecular complexity index is 180. The molecular weight excluding hydrogens is 222 g/mol. The minimum absolute atomic E-state index is 0. The predicted octanol–water partition coefficient (Wildman–Crippen LogP) is 1.71. The van der Waals surface area contributed by atoms with Crippen molar-refractivity contribution in [1.29, 1.82) is 0 Å². The van der Waals surface area contributed by atoms with Crippen LogP contribution in [0, 0.1) is 0 Å². The maximum Gasteiger partial charge on any atom is 0.320 e. The van der Waals surface area contributed by atoms with Gasteiger partial charge in [0.1, 0.15) is 6.04 Å². The monoisotopic (exact) mass is 239 g/mol. The van der Waals surface area contributed by atoms with Crippen molar-refractivity contribution in [2.24, 2.45) is 0 Å². The molecule has 1 aliphatic heterocycles. The van der Waals surface area contributed by atoms with Gasteiger partial charge in [0, 0.05) is 12.3 Å². The number of likely N-dealkylation sites (tertiary alicyclic amines) is 1. The highest BCUT2D eigenvalue weighted by Crippen LogP contribution is 2.17. The van der Waals surface area contributed by atoms with E-state index in [4.69, 9.17) is 5.11 Å². The van der Waals surface area contributed by atoms with Gasteiger partial charge in [-0.1, -0.05) is 6.92 Å². The van der Waals surface area contributed by atoms with Gasteiger partial charge in [-0.2, -0.15) is 11.8 Å². The average molecular weight is 240 g/mol. The van der Waals surface area contributed by atoms with Crippen molar-refractivity contribution in [1.82, 2.24) is 4.90 Å². The quantitative estimate of drug-likeness (QED) is 0.742. The highest BCUT2D eigenvalue weighted by atomic mass is 35.5. The Morgan fingerprint density at radius 2 is 2.36 bits per heavy atom. The number of halogens is 1. The Morgan fingerprint density at radius 3 is 2.93 bits per heavy atom. The fraction of sp³-hybridized carbons (Fsp3) is 0.889. The fourth-order valence-corrected chi connectivity index (χ4v) is 2.35. The molecule has 1 rings (SSSR count). The minimum atomic E-state index is -0.654. The maximum absolute atomic E-state index is 10.8. The van der Waals surface area contributed by atoms with Crippen LogP contribution in [0.3, 0.4) is 0 Å². The second kappa shape index (κ2) is 7.37. The molecule has 14 heavy (non-hydrogen) atoms. The summed E-state index contributed by atoms with van der Waals surface area (Å²) >= 11 is 1.87. The van der Waals surface area contributed by atoms with Gasteiger partial charge in [-0.15, -0.1) is 12.4 Å². The van der Waals surface area contributed by atoms with E-state index in [1.807, 2.05) is 11.8 Å². The van der Waals surface area contributed by atoms with Crippen molar-refractivity contribution >= 4 is 30.1 Å². The number of hydrogen-bond donors (Lipinski definition) is 1. The zero-order valence-corrected chi connectivity index (χ0v) is 10.1. The Kier molecular flexibility index (Phi) is 7.41. The number of thioether (sulfide) groups is 1. The predicted molar refractivity (Wildman–Crippen MR) is 62.5 cm³/mol. The lowest BCUT2D eigenvalue weighted by Crippen LogP contribution is -2.37. The van der Waals surface area contributed by atoms with Crippen molar-refractivity contribution in [3.63, 3.8) is 0 Å². The van der Waals surface area contributed by atoms with E-state index < -0.39 is 5.97 Å². The van der Waals surface area contributed by atoms with Gasteiger partial charge < -0.3 is 5.11 Å². The summed E-state index contributed by atoms with van der Waals surface area (Å²) in [6, 6.07) is -0.211. The highest BCUT2D eigenvalue weighted by molar-refractivity contribution is 7.99. The third-order valence-corrected chi connectivity index (χ3v) is 3.26. The largest absolute Gasteiger partial charge is 0.480 e. The summed E-state index contributed by atoms with van der Waals surface area (Å²) < 4.78 is 0. The first-order chi connectivity index (χ1) is 6.25. The van der Waals surface area contributed by atoms with Crippen LogP contribution in [-0.2, 0) is 4.79 Å². The van der Waals surface area contributed by atoms with E-state index in [0.717, 1.165) is 37.4 Å². The van der Waals surface area contributed by atoms with Crippen LogP contribution < -0.4 is 0 Å². The van der Waals surface area contributed by atoms with Crippen LogP contribution in [0.2, 0.25) is 0 Å². The van der Waals surface area contributed by atoms with Gasteiger partial charge in [-0.3, -0.25) is 9.69 Å². The maximum atomic E-state index is 10.8. The Morgan fingerprint density at radius 1 is 1.64 bits per heavy atom. The molecule has 0 saturated carbocycles. The van der Waals surface area contributed by atoms with E-state index in [0.29, 0.717) is 0 Å². The summed E-state index contributed by atoms with van der Waals surface area (Å²) in [5.74, 6) is 1.52. The summed E-state index contributed by atoms with van der Waals surface area (Å²) in [5.41, 5.74) is 0. The highest BCUT2D eigenvalue weighted by Gasteiger charge is 2.29. The molecule has 0 spiro atoms. The molecule has 0 aromatic rings.